The van der Waals surface area contributed by atoms with E-state index in [0.29, 0.717) is 0 Å². The van der Waals surface area contributed by atoms with E-state index < -0.39 is 19.4 Å². The third kappa shape index (κ3) is 4.44. The van der Waals surface area contributed by atoms with Gasteiger partial charge in [0.1, 0.15) is 0 Å². The van der Waals surface area contributed by atoms with Gasteiger partial charge in [0.2, 0.25) is 7.29 Å². The van der Waals surface area contributed by atoms with Crippen molar-refractivity contribution in [2.75, 3.05) is 0 Å². The molecule has 0 saturated heterocycles. The molecule has 1 heterocycles. The van der Waals surface area contributed by atoms with Crippen molar-refractivity contribution in [1.82, 2.24) is 10.1 Å². The number of hydrogen-bond donors (Lipinski definition) is 2. The quantitative estimate of drug-likeness (QED) is 0.313. The summed E-state index contributed by atoms with van der Waals surface area (Å²) < 4.78 is 14.8. The van der Waals surface area contributed by atoms with Gasteiger partial charge in [0.15, 0.2) is 0 Å². The number of aromatic nitrogens is 1. The fraction of sp³-hybridized carbons (Fsp3) is 0.0690. The highest BCUT2D eigenvalue weighted by Crippen LogP contribution is 2.44. The first kappa shape index (κ1) is 22.2. The second-order valence-electron chi connectivity index (χ2n) is 8.27. The van der Waals surface area contributed by atoms with Gasteiger partial charge in [-0.2, -0.15) is 0 Å². The molecule has 5 aromatic rings. The summed E-state index contributed by atoms with van der Waals surface area (Å²) in [5, 5.41) is 7.26. The van der Waals surface area contributed by atoms with Crippen molar-refractivity contribution in [3.8, 4) is 0 Å². The molecule has 0 fully saturated rings. The summed E-state index contributed by atoms with van der Waals surface area (Å²) in [6, 6.07) is 38.4. The molecule has 0 saturated carbocycles. The average molecular weight is 464 g/mol. The molecule has 1 aromatic heterocycles. The second kappa shape index (κ2) is 9.74. The molecule has 0 unspecified atom stereocenters. The van der Waals surface area contributed by atoms with Gasteiger partial charge < -0.3 is 5.73 Å². The van der Waals surface area contributed by atoms with E-state index in [1.807, 2.05) is 91.0 Å². The number of fused-ring (bicyclic) bond motifs is 1. The minimum Gasteiger partial charge on any atom is -0.321 e. The maximum atomic E-state index is 14.8. The van der Waals surface area contributed by atoms with Crippen molar-refractivity contribution in [3.63, 3.8) is 0 Å². The molecule has 0 amide bonds. The van der Waals surface area contributed by atoms with E-state index in [1.54, 1.807) is 6.20 Å². The minimum atomic E-state index is -3.24. The Hall–Kier alpha value is -3.56. The molecule has 0 bridgehead atoms. The number of nitrogens with two attached hydrogens (primary N) is 1. The topological polar surface area (TPSA) is 68.0 Å². The van der Waals surface area contributed by atoms with Crippen LogP contribution in [0.25, 0.3) is 10.8 Å². The second-order valence-corrected chi connectivity index (χ2v) is 10.8. The Bertz CT molecular complexity index is 1380. The van der Waals surface area contributed by atoms with Crippen LogP contribution in [0.3, 0.4) is 0 Å². The molecule has 4 nitrogen and oxygen atoms in total. The Morgan fingerprint density at radius 2 is 1.26 bits per heavy atom. The highest BCUT2D eigenvalue weighted by atomic mass is 31.2. The van der Waals surface area contributed by atoms with Crippen molar-refractivity contribution in [1.29, 1.82) is 0 Å². The van der Waals surface area contributed by atoms with Crippen molar-refractivity contribution in [2.45, 2.75) is 12.1 Å². The Morgan fingerprint density at radius 1 is 0.676 bits per heavy atom. The van der Waals surface area contributed by atoms with Gasteiger partial charge in [-0.15, -0.1) is 0 Å². The molecule has 168 valence electrons. The first-order valence-corrected chi connectivity index (χ1v) is 13.0. The van der Waals surface area contributed by atoms with E-state index in [9.17, 15) is 4.57 Å². The van der Waals surface area contributed by atoms with Crippen molar-refractivity contribution in [2.24, 2.45) is 5.73 Å². The summed E-state index contributed by atoms with van der Waals surface area (Å²) in [4.78, 5) is 4.51. The summed E-state index contributed by atoms with van der Waals surface area (Å²) in [5.74, 6) is 0. The minimum absolute atomic E-state index is 0.439. The SMILES string of the molecule is N[C@@H](c1ccccn1)[C@@H](NP(=O)(c1ccccc1)c1ccccc1)c1ccc2ccccc2c1. The predicted molar refractivity (Wildman–Crippen MR) is 141 cm³/mol. The summed E-state index contributed by atoms with van der Waals surface area (Å²) in [7, 11) is -3.24. The molecule has 2 atom stereocenters. The Labute approximate surface area is 199 Å². The molecule has 0 aliphatic heterocycles. The van der Waals surface area contributed by atoms with Crippen molar-refractivity contribution >= 4 is 28.7 Å². The Balaban J connectivity index is 1.66. The van der Waals surface area contributed by atoms with E-state index in [0.717, 1.165) is 32.6 Å². The van der Waals surface area contributed by atoms with Crippen LogP contribution < -0.4 is 21.4 Å². The van der Waals surface area contributed by atoms with Crippen LogP contribution in [0, 0.1) is 0 Å². The first-order chi connectivity index (χ1) is 16.6. The van der Waals surface area contributed by atoms with Crippen LogP contribution in [0.2, 0.25) is 0 Å². The van der Waals surface area contributed by atoms with E-state index in [2.05, 4.69) is 40.4 Å². The first-order valence-electron chi connectivity index (χ1n) is 11.3. The molecule has 3 N–H and O–H groups in total. The predicted octanol–water partition coefficient (Wildman–Crippen LogP) is 5.49. The van der Waals surface area contributed by atoms with Gasteiger partial charge in [-0.05, 0) is 58.8 Å². The Kier molecular flexibility index (Phi) is 6.37. The van der Waals surface area contributed by atoms with Crippen LogP contribution in [0.15, 0.2) is 128 Å². The lowest BCUT2D eigenvalue weighted by Crippen LogP contribution is -2.36. The van der Waals surface area contributed by atoms with Gasteiger partial charge in [-0.3, -0.25) is 14.6 Å². The van der Waals surface area contributed by atoms with Crippen LogP contribution in [-0.2, 0) is 4.57 Å². The summed E-state index contributed by atoms with van der Waals surface area (Å²) in [6.45, 7) is 0. The number of nitrogens with one attached hydrogen (secondary N) is 1. The van der Waals surface area contributed by atoms with E-state index >= 15 is 0 Å². The lowest BCUT2D eigenvalue weighted by molar-refractivity contribution is 0.504. The average Bonchev–Trinajstić information content (AvgIpc) is 2.92. The zero-order chi connectivity index (χ0) is 23.4. The molecule has 4 aromatic carbocycles. The van der Waals surface area contributed by atoms with Crippen LogP contribution in [-0.4, -0.2) is 4.98 Å². The number of hydrogen-bond acceptors (Lipinski definition) is 3. The summed E-state index contributed by atoms with van der Waals surface area (Å²) in [5.41, 5.74) is 8.53. The van der Waals surface area contributed by atoms with E-state index in [-0.39, 0.29) is 0 Å². The van der Waals surface area contributed by atoms with Crippen LogP contribution in [0.1, 0.15) is 23.3 Å². The van der Waals surface area contributed by atoms with Crippen molar-refractivity contribution in [3.05, 3.63) is 139 Å². The third-order valence-electron chi connectivity index (χ3n) is 6.08. The summed E-state index contributed by atoms with van der Waals surface area (Å²) in [6.07, 6.45) is 1.74. The van der Waals surface area contributed by atoms with Crippen LogP contribution in [0.4, 0.5) is 0 Å². The maximum Gasteiger partial charge on any atom is 0.205 e. The number of pyridine rings is 1. The zero-order valence-electron chi connectivity index (χ0n) is 18.7. The van der Waals surface area contributed by atoms with Gasteiger partial charge >= 0.3 is 0 Å². The lowest BCUT2D eigenvalue weighted by atomic mass is 9.96. The monoisotopic (exact) mass is 463 g/mol. The van der Waals surface area contributed by atoms with Gasteiger partial charge in [0.25, 0.3) is 0 Å². The standard InChI is InChI=1S/C29H26N3OP/c30-28(27-17-9-10-20-31-27)29(24-19-18-22-11-7-8-12-23(22)21-24)32-34(33,25-13-3-1-4-14-25)26-15-5-2-6-16-26/h1-21,28-29H,30H2,(H,32,33)/t28-,29-/m0/s1. The normalized spacial score (nSPS) is 13.4. The van der Waals surface area contributed by atoms with Crippen LogP contribution in [0.5, 0.6) is 0 Å². The van der Waals surface area contributed by atoms with Crippen molar-refractivity contribution < 1.29 is 4.57 Å². The number of benzene rings is 4. The van der Waals surface area contributed by atoms with Gasteiger partial charge in [0, 0.05) is 16.8 Å². The van der Waals surface area contributed by atoms with E-state index in [1.165, 1.54) is 0 Å². The van der Waals surface area contributed by atoms with Gasteiger partial charge in [-0.1, -0.05) is 78.9 Å². The largest absolute Gasteiger partial charge is 0.321 e. The molecule has 0 aliphatic rings. The molecular formula is C29H26N3OP. The summed E-state index contributed by atoms with van der Waals surface area (Å²) >= 11 is 0. The molecular weight excluding hydrogens is 437 g/mol. The molecule has 0 radical (unpaired) electrons. The smallest absolute Gasteiger partial charge is 0.205 e. The highest BCUT2D eigenvalue weighted by Gasteiger charge is 2.34. The number of nitrogens with zero attached hydrogens (tertiary/aromatic N) is 1. The fourth-order valence-corrected chi connectivity index (χ4v) is 6.76. The molecule has 5 rings (SSSR count). The fourth-order valence-electron chi connectivity index (χ4n) is 4.28. The lowest BCUT2D eigenvalue weighted by Gasteiger charge is -2.31. The van der Waals surface area contributed by atoms with E-state index in [4.69, 9.17) is 5.73 Å². The van der Waals surface area contributed by atoms with Gasteiger partial charge in [0.05, 0.1) is 17.8 Å². The van der Waals surface area contributed by atoms with Gasteiger partial charge in [-0.25, -0.2) is 0 Å². The van der Waals surface area contributed by atoms with Crippen LogP contribution >= 0.6 is 7.29 Å². The third-order valence-corrected chi connectivity index (χ3v) is 8.77. The number of rotatable bonds is 7. The zero-order valence-corrected chi connectivity index (χ0v) is 19.6. The highest BCUT2D eigenvalue weighted by molar-refractivity contribution is 7.76. The Morgan fingerprint density at radius 3 is 1.88 bits per heavy atom. The molecule has 0 spiro atoms. The molecule has 0 aliphatic carbocycles. The molecule has 5 heteroatoms. The molecule has 34 heavy (non-hydrogen) atoms. The maximum absolute atomic E-state index is 14.8.